The van der Waals surface area contributed by atoms with Crippen LogP contribution in [0.2, 0.25) is 0 Å². The summed E-state index contributed by atoms with van der Waals surface area (Å²) >= 11 is 0. The molecular formula is C23H25N3O3. The Bertz CT molecular complexity index is 1050. The van der Waals surface area contributed by atoms with Crippen molar-refractivity contribution in [2.24, 2.45) is 0 Å². The van der Waals surface area contributed by atoms with Crippen LogP contribution in [0, 0.1) is 0 Å². The predicted octanol–water partition coefficient (Wildman–Crippen LogP) is 3.62. The summed E-state index contributed by atoms with van der Waals surface area (Å²) < 4.78 is 0. The van der Waals surface area contributed by atoms with Crippen LogP contribution < -0.4 is 0 Å². The Morgan fingerprint density at radius 3 is 2.41 bits per heavy atom. The lowest BCUT2D eigenvalue weighted by Crippen LogP contribution is -2.32. The number of amides is 1. The van der Waals surface area contributed by atoms with E-state index in [1.165, 1.54) is 5.56 Å². The van der Waals surface area contributed by atoms with Crippen LogP contribution in [0.15, 0.2) is 48.5 Å². The lowest BCUT2D eigenvalue weighted by molar-refractivity contribution is 0.0706. The Morgan fingerprint density at radius 1 is 1.10 bits per heavy atom. The molecule has 0 spiro atoms. The van der Waals surface area contributed by atoms with Crippen molar-refractivity contribution < 1.29 is 15.0 Å². The molecule has 0 unspecified atom stereocenters. The molecule has 1 amide bonds. The number of aliphatic hydroxyl groups excluding tert-OH is 1. The van der Waals surface area contributed by atoms with Crippen molar-refractivity contribution in [2.45, 2.75) is 32.2 Å². The number of para-hydroxylation sites is 1. The van der Waals surface area contributed by atoms with E-state index in [0.29, 0.717) is 17.0 Å². The fourth-order valence-corrected chi connectivity index (χ4v) is 3.93. The third-order valence-corrected chi connectivity index (χ3v) is 5.46. The van der Waals surface area contributed by atoms with Gasteiger partial charge >= 0.3 is 0 Å². The summed E-state index contributed by atoms with van der Waals surface area (Å²) in [5.41, 5.74) is 4.42. The number of hydrogen-bond acceptors (Lipinski definition) is 4. The number of nitrogens with zero attached hydrogens (tertiary/aromatic N) is 2. The Labute approximate surface area is 169 Å². The van der Waals surface area contributed by atoms with E-state index in [2.05, 4.69) is 43.1 Å². The predicted molar refractivity (Wildman–Crippen MR) is 111 cm³/mol. The number of H-pyrrole nitrogens is 1. The van der Waals surface area contributed by atoms with Crippen LogP contribution >= 0.6 is 0 Å². The van der Waals surface area contributed by atoms with Gasteiger partial charge in [0.05, 0.1) is 12.6 Å². The number of β-amino-alcohol motifs (C(OH)–C–C–N with tert-alkyl or cyclic N) is 1. The Hall–Kier alpha value is -3.12. The first-order chi connectivity index (χ1) is 13.8. The lowest BCUT2D eigenvalue weighted by Gasteiger charge is -2.26. The van der Waals surface area contributed by atoms with E-state index >= 15 is 0 Å². The number of hydrogen-bond donors (Lipinski definition) is 3. The van der Waals surface area contributed by atoms with Crippen molar-refractivity contribution >= 4 is 5.91 Å². The molecule has 1 aliphatic rings. The van der Waals surface area contributed by atoms with Gasteiger partial charge in [0.1, 0.15) is 17.1 Å². The van der Waals surface area contributed by atoms with Gasteiger partial charge in [0.2, 0.25) is 0 Å². The number of phenols is 1. The average Bonchev–Trinajstić information content (AvgIpc) is 3.22. The zero-order valence-corrected chi connectivity index (χ0v) is 16.8. The van der Waals surface area contributed by atoms with Gasteiger partial charge in [-0.2, -0.15) is 5.10 Å². The maximum Gasteiger partial charge on any atom is 0.273 e. The number of nitrogens with one attached hydrogen (secondary N) is 1. The molecule has 3 N–H and O–H groups in total. The van der Waals surface area contributed by atoms with E-state index in [1.54, 1.807) is 23.1 Å². The topological polar surface area (TPSA) is 89.5 Å². The Kier molecular flexibility index (Phi) is 4.67. The highest BCUT2D eigenvalue weighted by Crippen LogP contribution is 2.44. The number of benzene rings is 2. The molecule has 6 heteroatoms. The Balaban J connectivity index is 1.86. The normalized spacial score (nSPS) is 16.3. The lowest BCUT2D eigenvalue weighted by atomic mass is 9.85. The number of phenolic OH excluding ortho intramolecular Hbond substituents is 1. The first-order valence-electron chi connectivity index (χ1n) is 9.72. The molecule has 0 radical (unpaired) electrons. The molecule has 0 saturated heterocycles. The number of aromatic hydroxyl groups is 1. The largest absolute Gasteiger partial charge is 0.507 e. The van der Waals surface area contributed by atoms with Crippen molar-refractivity contribution in [1.29, 1.82) is 0 Å². The van der Waals surface area contributed by atoms with Crippen molar-refractivity contribution in [1.82, 2.24) is 15.1 Å². The first kappa shape index (κ1) is 19.2. The van der Waals surface area contributed by atoms with Crippen molar-refractivity contribution in [3.05, 3.63) is 70.9 Å². The molecule has 1 aliphatic heterocycles. The second kappa shape index (κ2) is 7.04. The molecule has 29 heavy (non-hydrogen) atoms. The van der Waals surface area contributed by atoms with Crippen LogP contribution in [0.4, 0.5) is 0 Å². The van der Waals surface area contributed by atoms with Gasteiger partial charge in [0.25, 0.3) is 5.91 Å². The summed E-state index contributed by atoms with van der Waals surface area (Å²) in [4.78, 5) is 14.7. The molecule has 0 bridgehead atoms. The van der Waals surface area contributed by atoms with Gasteiger partial charge in [-0.25, -0.2) is 0 Å². The van der Waals surface area contributed by atoms with Gasteiger partial charge in [-0.1, -0.05) is 57.2 Å². The number of aromatic amines is 1. The second-order valence-corrected chi connectivity index (χ2v) is 8.37. The molecular weight excluding hydrogens is 366 g/mol. The smallest absolute Gasteiger partial charge is 0.273 e. The highest BCUT2D eigenvalue weighted by molar-refractivity contribution is 6.00. The third kappa shape index (κ3) is 3.19. The zero-order chi connectivity index (χ0) is 20.8. The monoisotopic (exact) mass is 391 g/mol. The van der Waals surface area contributed by atoms with E-state index in [1.807, 2.05) is 18.2 Å². The standard InChI is InChI=1S/C23H25N3O3/c1-23(2,3)15-10-8-14(9-11-15)21-18-19(16-6-4-5-7-17(16)28)24-25-20(18)22(29)26(21)12-13-27/h4-11,21,27-28H,12-13H2,1-3H3,(H,24,25)/t21-/m0/s1. The number of aliphatic hydroxyl groups is 1. The fraction of sp³-hybridized carbons (Fsp3) is 0.304. The van der Waals surface area contributed by atoms with E-state index < -0.39 is 0 Å². The quantitative estimate of drug-likeness (QED) is 0.634. The van der Waals surface area contributed by atoms with E-state index in [-0.39, 0.29) is 36.3 Å². The molecule has 2 heterocycles. The molecule has 150 valence electrons. The number of carbonyl (C=O) groups is 1. The van der Waals surface area contributed by atoms with E-state index in [4.69, 9.17) is 0 Å². The maximum atomic E-state index is 13.0. The fourth-order valence-electron chi connectivity index (χ4n) is 3.93. The van der Waals surface area contributed by atoms with Crippen molar-refractivity contribution in [2.75, 3.05) is 13.2 Å². The van der Waals surface area contributed by atoms with Crippen molar-refractivity contribution in [3.8, 4) is 17.0 Å². The molecule has 0 fully saturated rings. The summed E-state index contributed by atoms with van der Waals surface area (Å²) in [6, 6.07) is 14.8. The number of fused-ring (bicyclic) bond motifs is 1. The molecule has 3 aromatic rings. The zero-order valence-electron chi connectivity index (χ0n) is 16.8. The van der Waals surface area contributed by atoms with Crippen LogP contribution in [0.3, 0.4) is 0 Å². The molecule has 6 nitrogen and oxygen atoms in total. The molecule has 1 atom stereocenters. The average molecular weight is 391 g/mol. The van der Waals surface area contributed by atoms with Crippen LogP contribution in [-0.4, -0.2) is 44.4 Å². The highest BCUT2D eigenvalue weighted by Gasteiger charge is 2.42. The second-order valence-electron chi connectivity index (χ2n) is 8.37. The first-order valence-corrected chi connectivity index (χ1v) is 9.72. The third-order valence-electron chi connectivity index (χ3n) is 5.46. The SMILES string of the molecule is CC(C)(C)c1ccc([C@H]2c3c(-c4ccccc4O)n[nH]c3C(=O)N2CCO)cc1. The maximum absolute atomic E-state index is 13.0. The summed E-state index contributed by atoms with van der Waals surface area (Å²) in [5.74, 6) is -0.0928. The summed E-state index contributed by atoms with van der Waals surface area (Å²) in [6.45, 7) is 6.55. The summed E-state index contributed by atoms with van der Waals surface area (Å²) in [5, 5.41) is 27.1. The van der Waals surface area contributed by atoms with E-state index in [0.717, 1.165) is 11.1 Å². The molecule has 2 aromatic carbocycles. The Morgan fingerprint density at radius 2 is 1.79 bits per heavy atom. The summed E-state index contributed by atoms with van der Waals surface area (Å²) in [6.07, 6.45) is 0. The van der Waals surface area contributed by atoms with Crippen molar-refractivity contribution in [3.63, 3.8) is 0 Å². The van der Waals surface area contributed by atoms with E-state index in [9.17, 15) is 15.0 Å². The van der Waals surface area contributed by atoms with Gasteiger partial charge in [-0.15, -0.1) is 0 Å². The highest BCUT2D eigenvalue weighted by atomic mass is 16.3. The van der Waals surface area contributed by atoms with Crippen LogP contribution in [0.5, 0.6) is 5.75 Å². The van der Waals surface area contributed by atoms with Crippen LogP contribution in [0.25, 0.3) is 11.3 Å². The molecule has 1 aromatic heterocycles. The molecule has 0 saturated carbocycles. The van der Waals surface area contributed by atoms with Gasteiger partial charge < -0.3 is 15.1 Å². The number of rotatable bonds is 4. The van der Waals surface area contributed by atoms with Gasteiger partial charge in [-0.05, 0) is 28.7 Å². The van der Waals surface area contributed by atoms with Gasteiger partial charge in [0.15, 0.2) is 0 Å². The van der Waals surface area contributed by atoms with Gasteiger partial charge in [0, 0.05) is 17.7 Å². The van der Waals surface area contributed by atoms with Crippen LogP contribution in [0.1, 0.15) is 54.0 Å². The van der Waals surface area contributed by atoms with Gasteiger partial charge in [-0.3, -0.25) is 9.89 Å². The minimum absolute atomic E-state index is 0.0244. The molecule has 4 rings (SSSR count). The minimum atomic E-state index is -0.382. The molecule has 0 aliphatic carbocycles. The number of aromatic nitrogens is 2. The van der Waals surface area contributed by atoms with Crippen LogP contribution in [-0.2, 0) is 5.41 Å². The minimum Gasteiger partial charge on any atom is -0.507 e. The summed E-state index contributed by atoms with van der Waals surface area (Å²) in [7, 11) is 0. The number of carbonyl (C=O) groups excluding carboxylic acids is 1.